The first-order chi connectivity index (χ1) is 15.7. The summed E-state index contributed by atoms with van der Waals surface area (Å²) in [7, 11) is 0. The van der Waals surface area contributed by atoms with Crippen molar-refractivity contribution in [2.75, 3.05) is 5.32 Å². The molecular weight excluding hydrogens is 418 g/mol. The van der Waals surface area contributed by atoms with Gasteiger partial charge in [0.2, 0.25) is 0 Å². The van der Waals surface area contributed by atoms with Crippen LogP contribution in [0.2, 0.25) is 0 Å². The lowest BCUT2D eigenvalue weighted by molar-refractivity contribution is 0.102. The Morgan fingerprint density at radius 1 is 1.16 bits per heavy atom. The predicted octanol–water partition coefficient (Wildman–Crippen LogP) is 6.64. The van der Waals surface area contributed by atoms with E-state index in [1.165, 1.54) is 0 Å². The van der Waals surface area contributed by atoms with Gasteiger partial charge in [-0.3, -0.25) is 9.78 Å². The molecule has 5 nitrogen and oxygen atoms in total. The average molecular weight is 440 g/mol. The number of para-hydroxylation sites is 1. The Morgan fingerprint density at radius 3 is 2.84 bits per heavy atom. The Hall–Kier alpha value is -4.03. The molecule has 0 atom stereocenters. The molecule has 1 N–H and O–H groups in total. The Morgan fingerprint density at radius 2 is 2.03 bits per heavy atom. The maximum absolute atomic E-state index is 13.1. The molecule has 2 aromatic carbocycles. The summed E-state index contributed by atoms with van der Waals surface area (Å²) in [6, 6.07) is 16.7. The maximum atomic E-state index is 13.1. The van der Waals surface area contributed by atoms with Gasteiger partial charge in [0, 0.05) is 23.6 Å². The number of rotatable bonds is 7. The fourth-order valence-electron chi connectivity index (χ4n) is 3.11. The van der Waals surface area contributed by atoms with Crippen molar-refractivity contribution >= 4 is 33.1 Å². The molecular formula is C26H21N3O2S. The normalized spacial score (nSPS) is 11.6. The minimum atomic E-state index is -0.260. The van der Waals surface area contributed by atoms with Gasteiger partial charge in [0.1, 0.15) is 16.5 Å². The quantitative estimate of drug-likeness (QED) is 0.259. The van der Waals surface area contributed by atoms with Crippen LogP contribution in [0.5, 0.6) is 5.75 Å². The summed E-state index contributed by atoms with van der Waals surface area (Å²) in [5.41, 5.74) is 2.95. The Labute approximate surface area is 190 Å². The molecule has 0 aliphatic carbocycles. The van der Waals surface area contributed by atoms with E-state index in [9.17, 15) is 4.79 Å². The van der Waals surface area contributed by atoms with Gasteiger partial charge >= 0.3 is 0 Å². The summed E-state index contributed by atoms with van der Waals surface area (Å²) < 4.78 is 6.96. The standard InChI is InChI=1S/C26H21N3O2S/c1-3-8-20(9-4-2)31-23-13-6-5-12-21(23)25(30)28-19-11-7-10-18(16-19)26-29-22-14-15-27-17-24(22)32-26/h3-17H,1H2,2H3,(H,28,30)/b9-4-,20-8+. The molecule has 0 unspecified atom stereocenters. The Bertz CT molecular complexity index is 1300. The number of nitrogens with one attached hydrogen (secondary N) is 1. The van der Waals surface area contributed by atoms with Crippen molar-refractivity contribution in [1.29, 1.82) is 0 Å². The van der Waals surface area contributed by atoms with E-state index in [0.717, 1.165) is 20.8 Å². The summed E-state index contributed by atoms with van der Waals surface area (Å²) in [6.07, 6.45) is 10.6. The molecule has 0 bridgehead atoms. The SMILES string of the molecule is C=C/C=C(\C=C/C)Oc1ccccc1C(=O)Nc1cccc(-c2nc3ccncc3s2)c1. The number of anilines is 1. The molecule has 2 aromatic heterocycles. The van der Waals surface area contributed by atoms with Crippen LogP contribution in [-0.4, -0.2) is 15.9 Å². The fraction of sp³-hybridized carbons (Fsp3) is 0.0385. The van der Waals surface area contributed by atoms with Crippen LogP contribution in [0.3, 0.4) is 0 Å². The summed E-state index contributed by atoms with van der Waals surface area (Å²) in [4.78, 5) is 21.9. The van der Waals surface area contributed by atoms with Crippen molar-refractivity contribution in [3.05, 3.63) is 109 Å². The monoisotopic (exact) mass is 439 g/mol. The third-order valence-corrected chi connectivity index (χ3v) is 5.59. The van der Waals surface area contributed by atoms with Crippen molar-refractivity contribution in [2.45, 2.75) is 6.92 Å². The molecule has 6 heteroatoms. The van der Waals surface area contributed by atoms with Crippen LogP contribution < -0.4 is 10.1 Å². The van der Waals surface area contributed by atoms with Gasteiger partial charge < -0.3 is 10.1 Å². The van der Waals surface area contributed by atoms with Crippen LogP contribution in [0.1, 0.15) is 17.3 Å². The second kappa shape index (κ2) is 9.85. The number of allylic oxidation sites excluding steroid dienone is 4. The minimum Gasteiger partial charge on any atom is -0.457 e. The van der Waals surface area contributed by atoms with E-state index in [1.54, 1.807) is 47.9 Å². The summed E-state index contributed by atoms with van der Waals surface area (Å²) in [6.45, 7) is 5.60. The molecule has 0 aliphatic heterocycles. The van der Waals surface area contributed by atoms with E-state index < -0.39 is 0 Å². The number of benzene rings is 2. The molecule has 0 radical (unpaired) electrons. The van der Waals surface area contributed by atoms with Crippen molar-refractivity contribution in [3.8, 4) is 16.3 Å². The third-order valence-electron chi connectivity index (χ3n) is 4.53. The van der Waals surface area contributed by atoms with Crippen molar-refractivity contribution in [2.24, 2.45) is 0 Å². The highest BCUT2D eigenvalue weighted by Gasteiger charge is 2.14. The first kappa shape index (κ1) is 21.2. The molecule has 2 heterocycles. The molecule has 0 saturated heterocycles. The predicted molar refractivity (Wildman–Crippen MR) is 131 cm³/mol. The maximum Gasteiger partial charge on any atom is 0.259 e. The van der Waals surface area contributed by atoms with Crippen LogP contribution in [0.4, 0.5) is 5.69 Å². The second-order valence-corrected chi connectivity index (χ2v) is 7.83. The van der Waals surface area contributed by atoms with Crippen LogP contribution >= 0.6 is 11.3 Å². The molecule has 0 aliphatic rings. The second-order valence-electron chi connectivity index (χ2n) is 6.80. The molecule has 0 fully saturated rings. The average Bonchev–Trinajstić information content (AvgIpc) is 3.24. The van der Waals surface area contributed by atoms with Crippen LogP contribution in [-0.2, 0) is 0 Å². The highest BCUT2D eigenvalue weighted by molar-refractivity contribution is 7.21. The zero-order valence-corrected chi connectivity index (χ0v) is 18.3. The molecule has 158 valence electrons. The van der Waals surface area contributed by atoms with Gasteiger partial charge in [0.05, 0.1) is 15.8 Å². The summed E-state index contributed by atoms with van der Waals surface area (Å²) in [5.74, 6) is 0.797. The van der Waals surface area contributed by atoms with Gasteiger partial charge in [0.25, 0.3) is 5.91 Å². The Balaban J connectivity index is 1.58. The Kier molecular flexibility index (Phi) is 6.53. The smallest absolute Gasteiger partial charge is 0.259 e. The van der Waals surface area contributed by atoms with Gasteiger partial charge in [0.15, 0.2) is 0 Å². The van der Waals surface area contributed by atoms with E-state index in [0.29, 0.717) is 22.8 Å². The largest absolute Gasteiger partial charge is 0.457 e. The number of amides is 1. The molecule has 4 rings (SSSR count). The molecule has 1 amide bonds. The van der Waals surface area contributed by atoms with Gasteiger partial charge in [-0.25, -0.2) is 4.98 Å². The van der Waals surface area contributed by atoms with E-state index in [4.69, 9.17) is 4.74 Å². The fourth-order valence-corrected chi connectivity index (χ4v) is 4.04. The number of fused-ring (bicyclic) bond motifs is 1. The molecule has 0 saturated carbocycles. The zero-order valence-electron chi connectivity index (χ0n) is 17.5. The summed E-state index contributed by atoms with van der Waals surface area (Å²) in [5, 5.41) is 3.84. The zero-order chi connectivity index (χ0) is 22.3. The van der Waals surface area contributed by atoms with Crippen LogP contribution in [0.25, 0.3) is 20.8 Å². The topological polar surface area (TPSA) is 64.1 Å². The van der Waals surface area contributed by atoms with Crippen molar-refractivity contribution < 1.29 is 9.53 Å². The number of carbonyl (C=O) groups is 1. The van der Waals surface area contributed by atoms with E-state index in [-0.39, 0.29) is 5.91 Å². The van der Waals surface area contributed by atoms with Crippen molar-refractivity contribution in [1.82, 2.24) is 9.97 Å². The van der Waals surface area contributed by atoms with Crippen LogP contribution in [0.15, 0.2) is 104 Å². The van der Waals surface area contributed by atoms with E-state index in [2.05, 4.69) is 21.9 Å². The van der Waals surface area contributed by atoms with E-state index in [1.807, 2.05) is 61.7 Å². The number of carbonyl (C=O) groups excluding carboxylic acids is 1. The number of hydrogen-bond donors (Lipinski definition) is 1. The number of ether oxygens (including phenoxy) is 1. The highest BCUT2D eigenvalue weighted by atomic mass is 32.1. The minimum absolute atomic E-state index is 0.260. The molecule has 32 heavy (non-hydrogen) atoms. The van der Waals surface area contributed by atoms with Gasteiger partial charge in [-0.05, 0) is 49.4 Å². The van der Waals surface area contributed by atoms with E-state index >= 15 is 0 Å². The van der Waals surface area contributed by atoms with Gasteiger partial charge in [-0.15, -0.1) is 11.3 Å². The lowest BCUT2D eigenvalue weighted by atomic mass is 10.1. The first-order valence-corrected chi connectivity index (χ1v) is 10.8. The summed E-state index contributed by atoms with van der Waals surface area (Å²) >= 11 is 1.57. The molecule has 4 aromatic rings. The number of hydrogen-bond acceptors (Lipinski definition) is 5. The van der Waals surface area contributed by atoms with Gasteiger partial charge in [-0.1, -0.05) is 43.0 Å². The van der Waals surface area contributed by atoms with Crippen molar-refractivity contribution in [3.63, 3.8) is 0 Å². The van der Waals surface area contributed by atoms with Crippen LogP contribution in [0, 0.1) is 0 Å². The first-order valence-electron chi connectivity index (χ1n) is 10.0. The number of pyridine rings is 1. The lowest BCUT2D eigenvalue weighted by Gasteiger charge is -2.12. The lowest BCUT2D eigenvalue weighted by Crippen LogP contribution is -2.13. The number of thiazole rings is 1. The number of aromatic nitrogens is 2. The number of nitrogens with zero attached hydrogens (tertiary/aromatic N) is 2. The molecule has 0 spiro atoms. The van der Waals surface area contributed by atoms with Gasteiger partial charge in [-0.2, -0.15) is 0 Å². The third kappa shape index (κ3) is 4.82. The highest BCUT2D eigenvalue weighted by Crippen LogP contribution is 2.31.